The summed E-state index contributed by atoms with van der Waals surface area (Å²) in [6, 6.07) is 26.9. The van der Waals surface area contributed by atoms with Crippen LogP contribution < -0.4 is 4.74 Å². The number of phenolic OH excluding ortho intramolecular Hbond substituents is 1. The van der Waals surface area contributed by atoms with E-state index >= 15 is 0 Å². The van der Waals surface area contributed by atoms with Crippen LogP contribution in [0.1, 0.15) is 22.7 Å². The first-order valence-electron chi connectivity index (χ1n) is 10.2. The highest BCUT2D eigenvalue weighted by molar-refractivity contribution is 5.71. The van der Waals surface area contributed by atoms with E-state index in [1.165, 1.54) is 29.3 Å². The third-order valence-corrected chi connectivity index (χ3v) is 5.39. The first kappa shape index (κ1) is 20.5. The number of hydrogen-bond donors (Lipinski definition) is 1. The minimum absolute atomic E-state index is 0.111. The molecule has 0 spiro atoms. The van der Waals surface area contributed by atoms with Gasteiger partial charge in [-0.3, -0.25) is 4.90 Å². The zero-order valence-electron chi connectivity index (χ0n) is 17.0. The van der Waals surface area contributed by atoms with Crippen LogP contribution >= 0.6 is 0 Å². The molecule has 1 aliphatic rings. The van der Waals surface area contributed by atoms with E-state index in [0.717, 1.165) is 0 Å². The van der Waals surface area contributed by atoms with E-state index in [1.54, 1.807) is 4.90 Å². The fourth-order valence-electron chi connectivity index (χ4n) is 3.92. The number of piperazine rings is 1. The minimum atomic E-state index is -0.481. The largest absolute Gasteiger partial charge is 0.508 e. The fraction of sp³-hybridized carbons (Fsp3) is 0.200. The Balaban J connectivity index is 1.45. The Hall–Kier alpha value is -3.82. The Morgan fingerprint density at radius 3 is 2.03 bits per heavy atom. The highest BCUT2D eigenvalue weighted by atomic mass is 16.6. The molecule has 3 aromatic rings. The van der Waals surface area contributed by atoms with Crippen LogP contribution in [-0.4, -0.2) is 47.2 Å². The van der Waals surface area contributed by atoms with Crippen molar-refractivity contribution in [3.8, 4) is 17.6 Å². The maximum Gasteiger partial charge on any atom is 0.415 e. The van der Waals surface area contributed by atoms with Crippen LogP contribution in [-0.2, 0) is 0 Å². The number of aromatic hydroxyl groups is 1. The van der Waals surface area contributed by atoms with E-state index in [9.17, 15) is 9.90 Å². The molecule has 0 atom stereocenters. The van der Waals surface area contributed by atoms with E-state index < -0.39 is 6.09 Å². The standard InChI is InChI=1S/C25H23N3O3/c26-18-19-15-22(29)17-23(16-19)31-25(30)28-13-11-27(12-14-28)24(20-7-3-1-4-8-20)21-9-5-2-6-10-21/h1-10,15-17,24,29H,11-14H2. The maximum atomic E-state index is 12.6. The first-order chi connectivity index (χ1) is 15.1. The second-order valence-electron chi connectivity index (χ2n) is 7.44. The molecular weight excluding hydrogens is 390 g/mol. The van der Waals surface area contributed by atoms with Gasteiger partial charge in [0.2, 0.25) is 0 Å². The lowest BCUT2D eigenvalue weighted by molar-refractivity contribution is 0.0974. The topological polar surface area (TPSA) is 76.8 Å². The predicted octanol–water partition coefficient (Wildman–Crippen LogP) is 4.17. The predicted molar refractivity (Wildman–Crippen MR) is 117 cm³/mol. The van der Waals surface area contributed by atoms with Gasteiger partial charge in [0, 0.05) is 32.2 Å². The second-order valence-corrected chi connectivity index (χ2v) is 7.44. The molecule has 6 heteroatoms. The Kier molecular flexibility index (Phi) is 6.16. The SMILES string of the molecule is N#Cc1cc(O)cc(OC(=O)N2CCN(C(c3ccccc3)c3ccccc3)CC2)c1. The van der Waals surface area contributed by atoms with Crippen LogP contribution in [0.25, 0.3) is 0 Å². The van der Waals surface area contributed by atoms with Gasteiger partial charge in [-0.25, -0.2) is 4.79 Å². The summed E-state index contributed by atoms with van der Waals surface area (Å²) in [7, 11) is 0. The normalized spacial score (nSPS) is 14.3. The summed E-state index contributed by atoms with van der Waals surface area (Å²) in [6.07, 6.45) is -0.481. The summed E-state index contributed by atoms with van der Waals surface area (Å²) in [5.74, 6) is 0.0515. The number of benzene rings is 3. The number of ether oxygens (including phenoxy) is 1. The molecule has 0 aromatic heterocycles. The number of rotatable bonds is 4. The van der Waals surface area contributed by atoms with Crippen molar-refractivity contribution in [2.75, 3.05) is 26.2 Å². The van der Waals surface area contributed by atoms with Crippen molar-refractivity contribution >= 4 is 6.09 Å². The lowest BCUT2D eigenvalue weighted by atomic mass is 9.96. The van der Waals surface area contributed by atoms with Gasteiger partial charge < -0.3 is 14.7 Å². The molecule has 4 rings (SSSR count). The molecule has 0 saturated carbocycles. The molecule has 1 amide bonds. The number of hydrogen-bond acceptors (Lipinski definition) is 5. The van der Waals surface area contributed by atoms with E-state index in [2.05, 4.69) is 29.2 Å². The minimum Gasteiger partial charge on any atom is -0.508 e. The van der Waals surface area contributed by atoms with Crippen molar-refractivity contribution in [1.29, 1.82) is 5.26 Å². The zero-order valence-corrected chi connectivity index (χ0v) is 17.0. The smallest absolute Gasteiger partial charge is 0.415 e. The van der Waals surface area contributed by atoms with Crippen molar-refractivity contribution in [2.45, 2.75) is 6.04 Å². The van der Waals surface area contributed by atoms with Crippen LogP contribution in [0.15, 0.2) is 78.9 Å². The monoisotopic (exact) mass is 413 g/mol. The van der Waals surface area contributed by atoms with Gasteiger partial charge in [0.15, 0.2) is 0 Å². The summed E-state index contributed by atoms with van der Waals surface area (Å²) in [5, 5.41) is 18.7. The van der Waals surface area contributed by atoms with Gasteiger partial charge in [0.25, 0.3) is 0 Å². The highest BCUT2D eigenvalue weighted by Gasteiger charge is 2.29. The van der Waals surface area contributed by atoms with Gasteiger partial charge in [-0.2, -0.15) is 5.26 Å². The quantitative estimate of drug-likeness (QED) is 0.695. The lowest BCUT2D eigenvalue weighted by Gasteiger charge is -2.39. The lowest BCUT2D eigenvalue weighted by Crippen LogP contribution is -2.50. The molecule has 1 aliphatic heterocycles. The van der Waals surface area contributed by atoms with Gasteiger partial charge in [0.1, 0.15) is 11.5 Å². The van der Waals surface area contributed by atoms with Crippen molar-refractivity contribution < 1.29 is 14.6 Å². The number of carbonyl (C=O) groups excluding carboxylic acids is 1. The number of nitrogens with zero attached hydrogens (tertiary/aromatic N) is 3. The molecule has 0 bridgehead atoms. The van der Waals surface area contributed by atoms with E-state index in [4.69, 9.17) is 10.00 Å². The summed E-state index contributed by atoms with van der Waals surface area (Å²) in [6.45, 7) is 2.46. The molecule has 1 heterocycles. The molecular formula is C25H23N3O3. The van der Waals surface area contributed by atoms with E-state index in [1.807, 2.05) is 42.5 Å². The zero-order chi connectivity index (χ0) is 21.6. The summed E-state index contributed by atoms with van der Waals surface area (Å²) >= 11 is 0. The second kappa shape index (κ2) is 9.33. The highest BCUT2D eigenvalue weighted by Crippen LogP contribution is 2.29. The molecule has 1 N–H and O–H groups in total. The van der Waals surface area contributed by atoms with Crippen molar-refractivity contribution in [2.24, 2.45) is 0 Å². The van der Waals surface area contributed by atoms with Gasteiger partial charge in [-0.1, -0.05) is 60.7 Å². The third-order valence-electron chi connectivity index (χ3n) is 5.39. The van der Waals surface area contributed by atoms with Crippen LogP contribution in [0.2, 0.25) is 0 Å². The number of phenols is 1. The average molecular weight is 413 g/mol. The summed E-state index contributed by atoms with van der Waals surface area (Å²) in [5.41, 5.74) is 2.67. The Morgan fingerprint density at radius 1 is 0.903 bits per heavy atom. The van der Waals surface area contributed by atoms with E-state index in [0.29, 0.717) is 26.2 Å². The molecule has 0 unspecified atom stereocenters. The average Bonchev–Trinajstić information content (AvgIpc) is 2.80. The van der Waals surface area contributed by atoms with Gasteiger partial charge >= 0.3 is 6.09 Å². The molecule has 0 aliphatic carbocycles. The first-order valence-corrected chi connectivity index (χ1v) is 10.2. The molecule has 6 nitrogen and oxygen atoms in total. The fourth-order valence-corrected chi connectivity index (χ4v) is 3.92. The van der Waals surface area contributed by atoms with Crippen molar-refractivity contribution in [1.82, 2.24) is 9.80 Å². The van der Waals surface area contributed by atoms with Crippen molar-refractivity contribution in [3.05, 3.63) is 95.6 Å². The number of amides is 1. The van der Waals surface area contributed by atoms with E-state index in [-0.39, 0.29) is 23.1 Å². The van der Waals surface area contributed by atoms with Crippen LogP contribution in [0, 0.1) is 11.3 Å². The van der Waals surface area contributed by atoms with Gasteiger partial charge in [0.05, 0.1) is 17.7 Å². The molecule has 1 saturated heterocycles. The molecule has 1 fully saturated rings. The third kappa shape index (κ3) is 4.85. The molecule has 0 radical (unpaired) electrons. The Bertz CT molecular complexity index is 1030. The van der Waals surface area contributed by atoms with Crippen LogP contribution in [0.3, 0.4) is 0 Å². The molecule has 3 aromatic carbocycles. The van der Waals surface area contributed by atoms with Crippen LogP contribution in [0.5, 0.6) is 11.5 Å². The molecule has 31 heavy (non-hydrogen) atoms. The van der Waals surface area contributed by atoms with Crippen molar-refractivity contribution in [3.63, 3.8) is 0 Å². The van der Waals surface area contributed by atoms with Crippen LogP contribution in [0.4, 0.5) is 4.79 Å². The summed E-state index contributed by atoms with van der Waals surface area (Å²) in [4.78, 5) is 16.6. The van der Waals surface area contributed by atoms with Gasteiger partial charge in [-0.15, -0.1) is 0 Å². The molecule has 156 valence electrons. The number of nitriles is 1. The number of carbonyl (C=O) groups is 1. The summed E-state index contributed by atoms with van der Waals surface area (Å²) < 4.78 is 5.40. The Labute approximate surface area is 181 Å². The Morgan fingerprint density at radius 2 is 1.48 bits per heavy atom. The van der Waals surface area contributed by atoms with Gasteiger partial charge in [-0.05, 0) is 23.3 Å². The maximum absolute atomic E-state index is 12.6.